The third-order valence-corrected chi connectivity index (χ3v) is 3.38. The van der Waals surface area contributed by atoms with Gasteiger partial charge in [0.1, 0.15) is 22.9 Å². The van der Waals surface area contributed by atoms with E-state index in [4.69, 9.17) is 15.2 Å². The van der Waals surface area contributed by atoms with Gasteiger partial charge in [0.05, 0.1) is 12.8 Å². The molecule has 116 valence electrons. The number of rotatable bonds is 5. The molecule has 0 spiro atoms. The summed E-state index contributed by atoms with van der Waals surface area (Å²) in [5, 5.41) is 3.28. The Morgan fingerprint density at radius 2 is 1.48 bits per heavy atom. The van der Waals surface area contributed by atoms with Gasteiger partial charge in [-0.3, -0.25) is 0 Å². The summed E-state index contributed by atoms with van der Waals surface area (Å²) in [4.78, 5) is 0. The third kappa shape index (κ3) is 3.55. The van der Waals surface area contributed by atoms with Crippen LogP contribution in [-0.4, -0.2) is 7.11 Å². The van der Waals surface area contributed by atoms with Crippen molar-refractivity contribution in [3.8, 4) is 17.2 Å². The van der Waals surface area contributed by atoms with Crippen molar-refractivity contribution in [1.29, 1.82) is 0 Å². The Bertz CT molecular complexity index is 771. The molecule has 0 amide bonds. The molecular weight excluding hydrogens is 288 g/mol. The predicted molar refractivity (Wildman–Crippen MR) is 93.6 cm³/mol. The first-order valence-corrected chi connectivity index (χ1v) is 7.29. The highest BCUT2D eigenvalue weighted by Crippen LogP contribution is 2.33. The zero-order valence-electron chi connectivity index (χ0n) is 12.8. The summed E-state index contributed by atoms with van der Waals surface area (Å²) in [6, 6.07) is 22.9. The highest BCUT2D eigenvalue weighted by atomic mass is 16.5. The Labute approximate surface area is 135 Å². The highest BCUT2D eigenvalue weighted by Gasteiger charge is 2.07. The summed E-state index contributed by atoms with van der Waals surface area (Å²) < 4.78 is 11.1. The summed E-state index contributed by atoms with van der Waals surface area (Å²) in [5.41, 5.74) is 8.30. The number of hydrogen-bond donors (Lipinski definition) is 2. The van der Waals surface area contributed by atoms with Crippen LogP contribution in [0.25, 0.3) is 0 Å². The first-order valence-electron chi connectivity index (χ1n) is 7.29. The van der Waals surface area contributed by atoms with Gasteiger partial charge >= 0.3 is 0 Å². The minimum atomic E-state index is 0.633. The number of nitrogen functional groups attached to an aromatic ring is 1. The molecule has 0 aliphatic heterocycles. The van der Waals surface area contributed by atoms with Gasteiger partial charge in [-0.1, -0.05) is 24.3 Å². The van der Waals surface area contributed by atoms with Gasteiger partial charge in [-0.25, -0.2) is 0 Å². The molecule has 0 aliphatic carbocycles. The smallest absolute Gasteiger partial charge is 0.144 e. The zero-order valence-corrected chi connectivity index (χ0v) is 12.8. The van der Waals surface area contributed by atoms with E-state index in [1.807, 2.05) is 72.8 Å². The van der Waals surface area contributed by atoms with Crippen LogP contribution in [0.15, 0.2) is 72.8 Å². The number of para-hydroxylation sites is 2. The Morgan fingerprint density at radius 3 is 2.17 bits per heavy atom. The molecule has 3 N–H and O–H groups in total. The number of nitrogens with two attached hydrogens (primary N) is 1. The molecule has 0 atom stereocenters. The molecule has 0 aliphatic rings. The van der Waals surface area contributed by atoms with Crippen molar-refractivity contribution in [2.24, 2.45) is 0 Å². The second kappa shape index (κ2) is 6.75. The van der Waals surface area contributed by atoms with Gasteiger partial charge in [0, 0.05) is 5.69 Å². The standard InChI is InChI=1S/C19H18N2O2/c1-22-18-9-5-8-17(20)19(18)21-14-10-12-16(13-11-14)23-15-6-3-2-4-7-15/h2-13,21H,20H2,1H3. The van der Waals surface area contributed by atoms with Crippen molar-refractivity contribution in [3.05, 3.63) is 72.8 Å². The van der Waals surface area contributed by atoms with Crippen LogP contribution < -0.4 is 20.5 Å². The Morgan fingerprint density at radius 1 is 0.783 bits per heavy atom. The fraction of sp³-hybridized carbons (Fsp3) is 0.0526. The lowest BCUT2D eigenvalue weighted by Crippen LogP contribution is -1.99. The minimum Gasteiger partial charge on any atom is -0.494 e. The van der Waals surface area contributed by atoms with E-state index in [0.29, 0.717) is 11.4 Å². The molecule has 3 aromatic carbocycles. The molecule has 0 aromatic heterocycles. The van der Waals surface area contributed by atoms with Crippen LogP contribution in [-0.2, 0) is 0 Å². The molecule has 4 heteroatoms. The fourth-order valence-electron chi connectivity index (χ4n) is 2.23. The minimum absolute atomic E-state index is 0.633. The molecule has 0 saturated carbocycles. The molecule has 0 fully saturated rings. The van der Waals surface area contributed by atoms with Crippen molar-refractivity contribution >= 4 is 17.1 Å². The number of nitrogens with one attached hydrogen (secondary N) is 1. The van der Waals surface area contributed by atoms with E-state index >= 15 is 0 Å². The quantitative estimate of drug-likeness (QED) is 0.664. The molecule has 0 radical (unpaired) electrons. The highest BCUT2D eigenvalue weighted by molar-refractivity contribution is 5.78. The Hall–Kier alpha value is -3.14. The topological polar surface area (TPSA) is 56.5 Å². The van der Waals surface area contributed by atoms with E-state index in [1.165, 1.54) is 0 Å². The van der Waals surface area contributed by atoms with E-state index in [0.717, 1.165) is 22.9 Å². The van der Waals surface area contributed by atoms with E-state index in [1.54, 1.807) is 7.11 Å². The van der Waals surface area contributed by atoms with Gasteiger partial charge < -0.3 is 20.5 Å². The average Bonchev–Trinajstić information content (AvgIpc) is 2.59. The fourth-order valence-corrected chi connectivity index (χ4v) is 2.23. The Kier molecular flexibility index (Phi) is 4.34. The molecule has 0 bridgehead atoms. The molecule has 23 heavy (non-hydrogen) atoms. The van der Waals surface area contributed by atoms with Crippen LogP contribution in [0.2, 0.25) is 0 Å². The van der Waals surface area contributed by atoms with Crippen molar-refractivity contribution in [1.82, 2.24) is 0 Å². The summed E-state index contributed by atoms with van der Waals surface area (Å²) in [6.45, 7) is 0. The maximum atomic E-state index is 6.01. The summed E-state index contributed by atoms with van der Waals surface area (Å²) in [5.74, 6) is 2.28. The van der Waals surface area contributed by atoms with Crippen LogP contribution in [0, 0.1) is 0 Å². The number of benzene rings is 3. The number of methoxy groups -OCH3 is 1. The van der Waals surface area contributed by atoms with E-state index in [9.17, 15) is 0 Å². The second-order valence-corrected chi connectivity index (χ2v) is 4.99. The zero-order chi connectivity index (χ0) is 16.1. The van der Waals surface area contributed by atoms with Crippen molar-refractivity contribution in [3.63, 3.8) is 0 Å². The summed E-state index contributed by atoms with van der Waals surface area (Å²) in [6.07, 6.45) is 0. The monoisotopic (exact) mass is 306 g/mol. The number of ether oxygens (including phenoxy) is 2. The number of anilines is 3. The van der Waals surface area contributed by atoms with E-state index in [2.05, 4.69) is 5.32 Å². The SMILES string of the molecule is COc1cccc(N)c1Nc1ccc(Oc2ccccc2)cc1. The van der Waals surface area contributed by atoms with Crippen LogP contribution in [0.3, 0.4) is 0 Å². The maximum absolute atomic E-state index is 6.01. The van der Waals surface area contributed by atoms with Crippen molar-refractivity contribution in [2.45, 2.75) is 0 Å². The van der Waals surface area contributed by atoms with Crippen LogP contribution >= 0.6 is 0 Å². The number of hydrogen-bond acceptors (Lipinski definition) is 4. The second-order valence-electron chi connectivity index (χ2n) is 4.99. The Balaban J connectivity index is 1.76. The maximum Gasteiger partial charge on any atom is 0.144 e. The average molecular weight is 306 g/mol. The van der Waals surface area contributed by atoms with Gasteiger partial charge in [0.25, 0.3) is 0 Å². The van der Waals surface area contributed by atoms with Crippen molar-refractivity contribution < 1.29 is 9.47 Å². The van der Waals surface area contributed by atoms with Crippen LogP contribution in [0.1, 0.15) is 0 Å². The van der Waals surface area contributed by atoms with Gasteiger partial charge in [0.15, 0.2) is 0 Å². The first-order chi connectivity index (χ1) is 11.3. The lowest BCUT2D eigenvalue weighted by molar-refractivity contribution is 0.417. The van der Waals surface area contributed by atoms with E-state index < -0.39 is 0 Å². The first kappa shape index (κ1) is 14.8. The van der Waals surface area contributed by atoms with Crippen LogP contribution in [0.4, 0.5) is 17.1 Å². The van der Waals surface area contributed by atoms with Gasteiger partial charge in [-0.2, -0.15) is 0 Å². The summed E-state index contributed by atoms with van der Waals surface area (Å²) >= 11 is 0. The van der Waals surface area contributed by atoms with Gasteiger partial charge in [-0.05, 0) is 48.5 Å². The van der Waals surface area contributed by atoms with E-state index in [-0.39, 0.29) is 0 Å². The predicted octanol–water partition coefficient (Wildman–Crippen LogP) is 4.81. The molecule has 3 rings (SSSR count). The lowest BCUT2D eigenvalue weighted by Gasteiger charge is -2.14. The molecule has 4 nitrogen and oxygen atoms in total. The van der Waals surface area contributed by atoms with Gasteiger partial charge in [0.2, 0.25) is 0 Å². The summed E-state index contributed by atoms with van der Waals surface area (Å²) in [7, 11) is 1.62. The largest absolute Gasteiger partial charge is 0.494 e. The van der Waals surface area contributed by atoms with Crippen LogP contribution in [0.5, 0.6) is 17.2 Å². The molecule has 0 saturated heterocycles. The van der Waals surface area contributed by atoms with Gasteiger partial charge in [-0.15, -0.1) is 0 Å². The third-order valence-electron chi connectivity index (χ3n) is 3.38. The lowest BCUT2D eigenvalue weighted by atomic mass is 10.2. The normalized spacial score (nSPS) is 10.1. The molecule has 0 unspecified atom stereocenters. The molecular formula is C19H18N2O2. The molecule has 3 aromatic rings. The molecule has 0 heterocycles. The van der Waals surface area contributed by atoms with Crippen molar-refractivity contribution in [2.75, 3.05) is 18.2 Å².